The van der Waals surface area contributed by atoms with Crippen molar-refractivity contribution >= 4 is 23.1 Å². The Morgan fingerprint density at radius 2 is 1.96 bits per heavy atom. The van der Waals surface area contributed by atoms with E-state index >= 15 is 0 Å². The highest BCUT2D eigenvalue weighted by Crippen LogP contribution is 2.40. The van der Waals surface area contributed by atoms with Gasteiger partial charge in [-0.2, -0.15) is 0 Å². The third-order valence-corrected chi connectivity index (χ3v) is 7.20. The lowest BCUT2D eigenvalue weighted by molar-refractivity contribution is 0.0745. The number of pyridine rings is 1. The standard InChI is InChI=1S/C22H29N3OS/c1-22(2,3)16-7-8-17-18(15-27-19(17)14-16)21(26)25-12-10-24(11-13-25)20-6-4-5-9-23-20/h4-6,9,15-16H,7-8,10-14H2,1-3H3/t16-/m1/s1. The van der Waals surface area contributed by atoms with E-state index in [1.54, 1.807) is 11.3 Å². The Bertz CT molecular complexity index is 801. The first-order valence-corrected chi connectivity index (χ1v) is 10.9. The number of aromatic nitrogens is 1. The molecular weight excluding hydrogens is 354 g/mol. The molecule has 0 unspecified atom stereocenters. The van der Waals surface area contributed by atoms with Crippen LogP contribution in [0.25, 0.3) is 0 Å². The van der Waals surface area contributed by atoms with Crippen LogP contribution in [0, 0.1) is 11.3 Å². The summed E-state index contributed by atoms with van der Waals surface area (Å²) in [5.41, 5.74) is 2.64. The molecule has 2 aromatic rings. The Kier molecular flexibility index (Phi) is 4.97. The van der Waals surface area contributed by atoms with Gasteiger partial charge in [0, 0.05) is 42.6 Å². The van der Waals surface area contributed by atoms with Gasteiger partial charge in [0.15, 0.2) is 0 Å². The number of anilines is 1. The fraction of sp³-hybridized carbons (Fsp3) is 0.545. The molecule has 144 valence electrons. The zero-order chi connectivity index (χ0) is 19.0. The van der Waals surface area contributed by atoms with Gasteiger partial charge in [0.2, 0.25) is 0 Å². The second-order valence-electron chi connectivity index (χ2n) is 8.82. The van der Waals surface area contributed by atoms with E-state index in [-0.39, 0.29) is 5.91 Å². The summed E-state index contributed by atoms with van der Waals surface area (Å²) in [4.78, 5) is 23.3. The van der Waals surface area contributed by atoms with Gasteiger partial charge in [0.05, 0.1) is 5.56 Å². The van der Waals surface area contributed by atoms with Crippen LogP contribution in [-0.2, 0) is 12.8 Å². The van der Waals surface area contributed by atoms with Crippen molar-refractivity contribution in [2.75, 3.05) is 31.1 Å². The highest BCUT2D eigenvalue weighted by Gasteiger charge is 2.33. The van der Waals surface area contributed by atoms with E-state index in [2.05, 4.69) is 36.0 Å². The summed E-state index contributed by atoms with van der Waals surface area (Å²) in [5, 5.41) is 2.11. The molecule has 1 atom stereocenters. The third kappa shape index (κ3) is 3.75. The van der Waals surface area contributed by atoms with Gasteiger partial charge in [0.25, 0.3) is 5.91 Å². The van der Waals surface area contributed by atoms with Crippen molar-refractivity contribution < 1.29 is 4.79 Å². The van der Waals surface area contributed by atoms with Gasteiger partial charge >= 0.3 is 0 Å². The first kappa shape index (κ1) is 18.5. The van der Waals surface area contributed by atoms with Gasteiger partial charge in [-0.25, -0.2) is 4.98 Å². The molecule has 1 saturated heterocycles. The molecule has 0 saturated carbocycles. The van der Waals surface area contributed by atoms with Crippen LogP contribution in [0.5, 0.6) is 0 Å². The van der Waals surface area contributed by atoms with Crippen molar-refractivity contribution in [3.05, 3.63) is 45.8 Å². The van der Waals surface area contributed by atoms with E-state index in [4.69, 9.17) is 0 Å². The molecule has 0 bridgehead atoms. The lowest BCUT2D eigenvalue weighted by Crippen LogP contribution is -2.49. The molecule has 0 aromatic carbocycles. The van der Waals surface area contributed by atoms with Crippen LogP contribution >= 0.6 is 11.3 Å². The number of amides is 1. The van der Waals surface area contributed by atoms with Crippen molar-refractivity contribution in [2.45, 2.75) is 40.0 Å². The summed E-state index contributed by atoms with van der Waals surface area (Å²) in [6.45, 7) is 10.2. The smallest absolute Gasteiger partial charge is 0.255 e. The maximum absolute atomic E-state index is 13.2. The summed E-state index contributed by atoms with van der Waals surface area (Å²) in [7, 11) is 0. The van der Waals surface area contributed by atoms with E-state index in [1.807, 2.05) is 29.3 Å². The summed E-state index contributed by atoms with van der Waals surface area (Å²) in [6.07, 6.45) is 5.20. The Morgan fingerprint density at radius 1 is 1.19 bits per heavy atom. The molecule has 1 aliphatic heterocycles. The minimum atomic E-state index is 0.224. The van der Waals surface area contributed by atoms with Crippen LogP contribution in [-0.4, -0.2) is 42.0 Å². The van der Waals surface area contributed by atoms with Crippen molar-refractivity contribution in [1.29, 1.82) is 0 Å². The fourth-order valence-corrected chi connectivity index (χ4v) is 5.44. The van der Waals surface area contributed by atoms with Crippen molar-refractivity contribution in [1.82, 2.24) is 9.88 Å². The number of carbonyl (C=O) groups excluding carboxylic acids is 1. The van der Waals surface area contributed by atoms with Gasteiger partial charge in [-0.05, 0) is 48.3 Å². The van der Waals surface area contributed by atoms with E-state index in [0.717, 1.165) is 50.4 Å². The van der Waals surface area contributed by atoms with Crippen LogP contribution in [0.4, 0.5) is 5.82 Å². The number of nitrogens with zero attached hydrogens (tertiary/aromatic N) is 3. The average Bonchev–Trinajstić information content (AvgIpc) is 3.11. The molecule has 5 heteroatoms. The van der Waals surface area contributed by atoms with E-state index in [1.165, 1.54) is 16.9 Å². The SMILES string of the molecule is CC(C)(C)[C@@H]1CCc2c(C(=O)N3CCN(c4ccccn4)CC3)csc2C1. The highest BCUT2D eigenvalue weighted by atomic mass is 32.1. The molecular formula is C22H29N3OS. The number of fused-ring (bicyclic) bond motifs is 1. The third-order valence-electron chi connectivity index (χ3n) is 6.15. The number of thiophene rings is 1. The highest BCUT2D eigenvalue weighted by molar-refractivity contribution is 7.10. The maximum Gasteiger partial charge on any atom is 0.255 e. The summed E-state index contributed by atoms with van der Waals surface area (Å²) in [5.74, 6) is 1.95. The number of rotatable bonds is 2. The largest absolute Gasteiger partial charge is 0.353 e. The average molecular weight is 384 g/mol. The molecule has 2 aliphatic rings. The fourth-order valence-electron chi connectivity index (χ4n) is 4.28. The number of hydrogen-bond acceptors (Lipinski definition) is 4. The first-order valence-electron chi connectivity index (χ1n) is 9.98. The van der Waals surface area contributed by atoms with Crippen LogP contribution in [0.15, 0.2) is 29.8 Å². The minimum absolute atomic E-state index is 0.224. The minimum Gasteiger partial charge on any atom is -0.353 e. The number of piperazine rings is 1. The second kappa shape index (κ2) is 7.27. The van der Waals surface area contributed by atoms with Crippen molar-refractivity contribution in [3.63, 3.8) is 0 Å². The lowest BCUT2D eigenvalue weighted by atomic mass is 9.72. The van der Waals surface area contributed by atoms with Gasteiger partial charge in [0.1, 0.15) is 5.82 Å². The Morgan fingerprint density at radius 3 is 2.63 bits per heavy atom. The van der Waals surface area contributed by atoms with E-state index < -0.39 is 0 Å². The zero-order valence-electron chi connectivity index (χ0n) is 16.6. The summed E-state index contributed by atoms with van der Waals surface area (Å²) >= 11 is 1.79. The van der Waals surface area contributed by atoms with Crippen LogP contribution in [0.2, 0.25) is 0 Å². The van der Waals surface area contributed by atoms with Crippen LogP contribution in [0.3, 0.4) is 0 Å². The summed E-state index contributed by atoms with van der Waals surface area (Å²) < 4.78 is 0. The number of hydrogen-bond donors (Lipinski definition) is 0. The first-order chi connectivity index (χ1) is 12.9. The molecule has 0 spiro atoms. The van der Waals surface area contributed by atoms with E-state index in [0.29, 0.717) is 11.3 Å². The quantitative estimate of drug-likeness (QED) is 0.778. The predicted molar refractivity (Wildman–Crippen MR) is 112 cm³/mol. The topological polar surface area (TPSA) is 36.4 Å². The Hall–Kier alpha value is -1.88. The second-order valence-corrected chi connectivity index (χ2v) is 9.79. The monoisotopic (exact) mass is 383 g/mol. The molecule has 0 N–H and O–H groups in total. The number of carbonyl (C=O) groups is 1. The molecule has 1 amide bonds. The van der Waals surface area contributed by atoms with Crippen LogP contribution < -0.4 is 4.90 Å². The molecule has 1 aliphatic carbocycles. The normalized spacial score (nSPS) is 20.5. The molecule has 27 heavy (non-hydrogen) atoms. The van der Waals surface area contributed by atoms with Gasteiger partial charge in [-0.1, -0.05) is 26.8 Å². The Labute approximate surface area is 166 Å². The van der Waals surface area contributed by atoms with Crippen molar-refractivity contribution in [3.8, 4) is 0 Å². The predicted octanol–water partition coefficient (Wildman–Crippen LogP) is 4.26. The van der Waals surface area contributed by atoms with Gasteiger partial charge in [-0.15, -0.1) is 11.3 Å². The summed E-state index contributed by atoms with van der Waals surface area (Å²) in [6, 6.07) is 5.99. The Balaban J connectivity index is 1.42. The molecule has 1 fully saturated rings. The van der Waals surface area contributed by atoms with E-state index in [9.17, 15) is 4.79 Å². The van der Waals surface area contributed by atoms with Crippen molar-refractivity contribution in [2.24, 2.45) is 11.3 Å². The van der Waals surface area contributed by atoms with Crippen LogP contribution in [0.1, 0.15) is 48.0 Å². The molecule has 4 nitrogen and oxygen atoms in total. The maximum atomic E-state index is 13.2. The molecule has 2 aromatic heterocycles. The lowest BCUT2D eigenvalue weighted by Gasteiger charge is -2.36. The van der Waals surface area contributed by atoms with Gasteiger partial charge < -0.3 is 9.80 Å². The molecule has 3 heterocycles. The molecule has 0 radical (unpaired) electrons. The molecule has 4 rings (SSSR count). The zero-order valence-corrected chi connectivity index (χ0v) is 17.4. The van der Waals surface area contributed by atoms with Gasteiger partial charge in [-0.3, -0.25) is 4.79 Å².